The first-order chi connectivity index (χ1) is 7.61. The summed E-state index contributed by atoms with van der Waals surface area (Å²) in [6.45, 7) is 9.04. The zero-order valence-electron chi connectivity index (χ0n) is 11.3. The highest BCUT2D eigenvalue weighted by molar-refractivity contribution is 5.28. The van der Waals surface area contributed by atoms with Crippen LogP contribution in [-0.4, -0.2) is 0 Å². The number of benzene rings is 1. The van der Waals surface area contributed by atoms with Gasteiger partial charge in [0.25, 0.3) is 0 Å². The van der Waals surface area contributed by atoms with Crippen molar-refractivity contribution in [3.05, 3.63) is 34.9 Å². The Labute approximate surface area is 101 Å². The molecule has 0 aliphatic rings. The molecular weight excluding hydrogens is 192 g/mol. The normalized spacial score (nSPS) is 12.8. The summed E-state index contributed by atoms with van der Waals surface area (Å²) in [4.78, 5) is 0. The van der Waals surface area contributed by atoms with Crippen molar-refractivity contribution in [2.24, 2.45) is 5.92 Å². The zero-order chi connectivity index (χ0) is 12.0. The Morgan fingerprint density at radius 3 is 2.19 bits per heavy atom. The molecule has 0 heterocycles. The van der Waals surface area contributed by atoms with Gasteiger partial charge >= 0.3 is 0 Å². The van der Waals surface area contributed by atoms with Gasteiger partial charge in [0.2, 0.25) is 0 Å². The van der Waals surface area contributed by atoms with Crippen LogP contribution < -0.4 is 0 Å². The standard InChI is InChI=1S/C16H26/c1-5-7-13(2)8-6-9-16-11-14(3)10-15(4)12-16/h10-13H,5-9H2,1-4H3. The van der Waals surface area contributed by atoms with Gasteiger partial charge in [0.05, 0.1) is 0 Å². The van der Waals surface area contributed by atoms with Crippen molar-refractivity contribution in [3.63, 3.8) is 0 Å². The van der Waals surface area contributed by atoms with Crippen LogP contribution in [0.25, 0.3) is 0 Å². The quantitative estimate of drug-likeness (QED) is 0.626. The van der Waals surface area contributed by atoms with E-state index < -0.39 is 0 Å². The van der Waals surface area contributed by atoms with E-state index >= 15 is 0 Å². The lowest BCUT2D eigenvalue weighted by Gasteiger charge is -2.10. The number of aryl methyl sites for hydroxylation is 3. The SMILES string of the molecule is CCCC(C)CCCc1cc(C)cc(C)c1. The van der Waals surface area contributed by atoms with Crippen molar-refractivity contribution in [1.82, 2.24) is 0 Å². The molecular formula is C16H26. The zero-order valence-corrected chi connectivity index (χ0v) is 11.3. The summed E-state index contributed by atoms with van der Waals surface area (Å²) in [5.74, 6) is 0.899. The maximum atomic E-state index is 2.38. The van der Waals surface area contributed by atoms with E-state index in [0.29, 0.717) is 0 Å². The highest BCUT2D eigenvalue weighted by Gasteiger charge is 2.01. The Hall–Kier alpha value is -0.780. The predicted octanol–water partition coefficient (Wildman–Crippen LogP) is 5.06. The van der Waals surface area contributed by atoms with Crippen LogP contribution in [0.2, 0.25) is 0 Å². The summed E-state index contributed by atoms with van der Waals surface area (Å²) in [5, 5.41) is 0. The van der Waals surface area contributed by atoms with Gasteiger partial charge in [-0.25, -0.2) is 0 Å². The Kier molecular flexibility index (Phi) is 5.59. The first kappa shape index (κ1) is 13.3. The minimum absolute atomic E-state index is 0.899. The van der Waals surface area contributed by atoms with Gasteiger partial charge in [0, 0.05) is 0 Å². The van der Waals surface area contributed by atoms with Crippen molar-refractivity contribution in [2.45, 2.75) is 59.8 Å². The van der Waals surface area contributed by atoms with Gasteiger partial charge in [-0.15, -0.1) is 0 Å². The van der Waals surface area contributed by atoms with E-state index in [0.717, 1.165) is 5.92 Å². The van der Waals surface area contributed by atoms with Crippen molar-refractivity contribution in [1.29, 1.82) is 0 Å². The Morgan fingerprint density at radius 1 is 1.00 bits per heavy atom. The molecule has 0 aliphatic carbocycles. The predicted molar refractivity (Wildman–Crippen MR) is 72.9 cm³/mol. The third-order valence-corrected chi connectivity index (χ3v) is 3.23. The number of hydrogen-bond donors (Lipinski definition) is 0. The average molecular weight is 218 g/mol. The molecule has 1 unspecified atom stereocenters. The van der Waals surface area contributed by atoms with Gasteiger partial charge in [-0.05, 0) is 38.2 Å². The van der Waals surface area contributed by atoms with Crippen molar-refractivity contribution >= 4 is 0 Å². The summed E-state index contributed by atoms with van der Waals surface area (Å²) >= 11 is 0. The van der Waals surface area contributed by atoms with Gasteiger partial charge in [-0.2, -0.15) is 0 Å². The molecule has 0 aliphatic heterocycles. The van der Waals surface area contributed by atoms with Crippen molar-refractivity contribution in [3.8, 4) is 0 Å². The molecule has 0 saturated carbocycles. The third-order valence-electron chi connectivity index (χ3n) is 3.23. The fourth-order valence-electron chi connectivity index (χ4n) is 2.51. The molecule has 0 bridgehead atoms. The van der Waals surface area contributed by atoms with Crippen LogP contribution in [0.5, 0.6) is 0 Å². The van der Waals surface area contributed by atoms with E-state index in [9.17, 15) is 0 Å². The average Bonchev–Trinajstić information content (AvgIpc) is 2.16. The molecule has 1 atom stereocenters. The van der Waals surface area contributed by atoms with Crippen LogP contribution in [0, 0.1) is 19.8 Å². The summed E-state index contributed by atoms with van der Waals surface area (Å²) in [6.07, 6.45) is 6.67. The highest BCUT2D eigenvalue weighted by Crippen LogP contribution is 2.16. The van der Waals surface area contributed by atoms with Crippen LogP contribution in [-0.2, 0) is 6.42 Å². The molecule has 0 aromatic heterocycles. The molecule has 0 spiro atoms. The Morgan fingerprint density at radius 2 is 1.62 bits per heavy atom. The highest BCUT2D eigenvalue weighted by atomic mass is 14.1. The summed E-state index contributed by atoms with van der Waals surface area (Å²) in [5.41, 5.74) is 4.31. The lowest BCUT2D eigenvalue weighted by Crippen LogP contribution is -1.96. The van der Waals surface area contributed by atoms with E-state index in [1.54, 1.807) is 0 Å². The van der Waals surface area contributed by atoms with Crippen LogP contribution in [0.4, 0.5) is 0 Å². The fraction of sp³-hybridized carbons (Fsp3) is 0.625. The molecule has 1 rings (SSSR count). The molecule has 0 radical (unpaired) electrons. The fourth-order valence-corrected chi connectivity index (χ4v) is 2.51. The smallest absolute Gasteiger partial charge is 0.0279 e. The maximum absolute atomic E-state index is 2.38. The van der Waals surface area contributed by atoms with E-state index in [1.165, 1.54) is 48.8 Å². The molecule has 0 fully saturated rings. The lowest BCUT2D eigenvalue weighted by molar-refractivity contribution is 0.469. The van der Waals surface area contributed by atoms with Gasteiger partial charge in [0.15, 0.2) is 0 Å². The van der Waals surface area contributed by atoms with Crippen LogP contribution in [0.15, 0.2) is 18.2 Å². The van der Waals surface area contributed by atoms with Crippen LogP contribution in [0.1, 0.15) is 56.2 Å². The largest absolute Gasteiger partial charge is 0.0654 e. The van der Waals surface area contributed by atoms with Crippen molar-refractivity contribution < 1.29 is 0 Å². The van der Waals surface area contributed by atoms with E-state index in [2.05, 4.69) is 45.9 Å². The van der Waals surface area contributed by atoms with Crippen LogP contribution >= 0.6 is 0 Å². The van der Waals surface area contributed by atoms with E-state index in [-0.39, 0.29) is 0 Å². The number of rotatable bonds is 6. The molecule has 0 amide bonds. The second-order valence-corrected chi connectivity index (χ2v) is 5.28. The minimum atomic E-state index is 0.899. The van der Waals surface area contributed by atoms with Gasteiger partial charge in [0.1, 0.15) is 0 Å². The molecule has 16 heavy (non-hydrogen) atoms. The summed E-state index contributed by atoms with van der Waals surface area (Å²) in [6, 6.07) is 6.91. The Bertz CT molecular complexity index is 292. The van der Waals surface area contributed by atoms with Gasteiger partial charge in [-0.3, -0.25) is 0 Å². The monoisotopic (exact) mass is 218 g/mol. The van der Waals surface area contributed by atoms with E-state index in [1.807, 2.05) is 0 Å². The lowest BCUT2D eigenvalue weighted by atomic mass is 9.96. The topological polar surface area (TPSA) is 0 Å². The molecule has 0 heteroatoms. The second-order valence-electron chi connectivity index (χ2n) is 5.28. The molecule has 0 saturated heterocycles. The first-order valence-corrected chi connectivity index (χ1v) is 6.69. The van der Waals surface area contributed by atoms with E-state index in [4.69, 9.17) is 0 Å². The van der Waals surface area contributed by atoms with Gasteiger partial charge < -0.3 is 0 Å². The first-order valence-electron chi connectivity index (χ1n) is 6.69. The molecule has 0 N–H and O–H groups in total. The van der Waals surface area contributed by atoms with Gasteiger partial charge in [-0.1, -0.05) is 62.4 Å². The summed E-state index contributed by atoms with van der Waals surface area (Å²) in [7, 11) is 0. The van der Waals surface area contributed by atoms with Crippen LogP contribution in [0.3, 0.4) is 0 Å². The number of hydrogen-bond acceptors (Lipinski definition) is 0. The molecule has 1 aromatic rings. The summed E-state index contributed by atoms with van der Waals surface area (Å²) < 4.78 is 0. The molecule has 0 nitrogen and oxygen atoms in total. The molecule has 90 valence electrons. The minimum Gasteiger partial charge on any atom is -0.0654 e. The Balaban J connectivity index is 2.37. The molecule has 1 aromatic carbocycles. The second kappa shape index (κ2) is 6.73. The third kappa shape index (κ3) is 4.83. The maximum Gasteiger partial charge on any atom is -0.0279 e. The van der Waals surface area contributed by atoms with Crippen molar-refractivity contribution in [2.75, 3.05) is 0 Å².